The van der Waals surface area contributed by atoms with Crippen LogP contribution >= 0.6 is 11.3 Å². The molecule has 1 saturated heterocycles. The number of benzene rings is 2. The summed E-state index contributed by atoms with van der Waals surface area (Å²) in [4.78, 5) is 13.1. The zero-order chi connectivity index (χ0) is 24.3. The average Bonchev–Trinajstić information content (AvgIpc) is 3.50. The molecule has 0 amide bonds. The van der Waals surface area contributed by atoms with Crippen LogP contribution in [0.2, 0.25) is 0 Å². The summed E-state index contributed by atoms with van der Waals surface area (Å²) in [6.45, 7) is 0.324. The number of ketones is 1. The van der Waals surface area contributed by atoms with Crippen molar-refractivity contribution in [3.8, 4) is 11.5 Å². The number of carbonyl (C=O) groups is 1. The van der Waals surface area contributed by atoms with Gasteiger partial charge in [0.1, 0.15) is 11.5 Å². The van der Waals surface area contributed by atoms with Crippen LogP contribution in [0.4, 0.5) is 13.2 Å². The highest BCUT2D eigenvalue weighted by atomic mass is 32.2. The van der Waals surface area contributed by atoms with Crippen LogP contribution in [0.1, 0.15) is 30.4 Å². The number of carbonyl (C=O) groups excluding carboxylic acids is 1. The third kappa shape index (κ3) is 5.51. The molecule has 0 radical (unpaired) electrons. The average molecular weight is 510 g/mol. The fourth-order valence-electron chi connectivity index (χ4n) is 3.93. The van der Waals surface area contributed by atoms with Crippen molar-refractivity contribution in [1.29, 1.82) is 0 Å². The molecule has 2 heterocycles. The molecule has 1 aliphatic heterocycles. The Hall–Kier alpha value is -2.69. The fourth-order valence-corrected chi connectivity index (χ4v) is 6.62. The van der Waals surface area contributed by atoms with Crippen molar-refractivity contribution in [3.05, 3.63) is 76.5 Å². The molecule has 0 unspecified atom stereocenters. The van der Waals surface area contributed by atoms with Gasteiger partial charge in [-0.2, -0.15) is 28.8 Å². The first kappa shape index (κ1) is 24.4. The van der Waals surface area contributed by atoms with Crippen LogP contribution in [0.15, 0.2) is 70.3 Å². The van der Waals surface area contributed by atoms with Crippen LogP contribution in [-0.2, 0) is 27.4 Å². The first-order valence-electron chi connectivity index (χ1n) is 10.7. The van der Waals surface area contributed by atoms with Crippen molar-refractivity contribution in [2.45, 2.75) is 42.8 Å². The molecule has 1 aromatic heterocycles. The minimum absolute atomic E-state index is 0.134. The highest BCUT2D eigenvalue weighted by molar-refractivity contribution is 7.89. The van der Waals surface area contributed by atoms with Gasteiger partial charge in [0.25, 0.3) is 0 Å². The lowest BCUT2D eigenvalue weighted by Crippen LogP contribution is -2.40. The van der Waals surface area contributed by atoms with Crippen molar-refractivity contribution in [2.24, 2.45) is 0 Å². The van der Waals surface area contributed by atoms with Crippen molar-refractivity contribution in [2.75, 3.05) is 6.54 Å². The monoisotopic (exact) mass is 509 g/mol. The van der Waals surface area contributed by atoms with Gasteiger partial charge in [-0.05, 0) is 72.7 Å². The third-order valence-corrected chi connectivity index (χ3v) is 8.39. The summed E-state index contributed by atoms with van der Waals surface area (Å²) >= 11 is 1.29. The van der Waals surface area contributed by atoms with Gasteiger partial charge in [0.15, 0.2) is 5.78 Å². The van der Waals surface area contributed by atoms with Crippen LogP contribution in [0.3, 0.4) is 0 Å². The third-order valence-electron chi connectivity index (χ3n) is 5.65. The molecule has 3 aromatic rings. The fraction of sp³-hybridized carbons (Fsp3) is 0.292. The molecule has 1 atom stereocenters. The first-order valence-corrected chi connectivity index (χ1v) is 13.0. The quantitative estimate of drug-likeness (QED) is 0.379. The summed E-state index contributed by atoms with van der Waals surface area (Å²) in [5.41, 5.74) is 0.0529. The molecule has 0 aliphatic carbocycles. The maximum absolute atomic E-state index is 12.9. The lowest BCUT2D eigenvalue weighted by atomic mass is 10.0. The Labute approximate surface area is 199 Å². The number of nitrogens with zero attached hydrogens (tertiary/aromatic N) is 1. The molecule has 10 heteroatoms. The number of sulfonamides is 1. The molecule has 180 valence electrons. The highest BCUT2D eigenvalue weighted by Crippen LogP contribution is 2.32. The van der Waals surface area contributed by atoms with Crippen LogP contribution in [-0.4, -0.2) is 31.1 Å². The van der Waals surface area contributed by atoms with Crippen LogP contribution in [0.25, 0.3) is 0 Å². The normalized spacial score (nSPS) is 17.1. The number of thiophene rings is 1. The molecule has 4 rings (SSSR count). The lowest BCUT2D eigenvalue weighted by molar-refractivity contribution is -0.137. The Morgan fingerprint density at radius 3 is 2.53 bits per heavy atom. The number of rotatable bonds is 8. The molecule has 0 N–H and O–H groups in total. The number of hydrogen-bond acceptors (Lipinski definition) is 5. The molecule has 5 nitrogen and oxygen atoms in total. The molecule has 1 aliphatic rings. The molecule has 34 heavy (non-hydrogen) atoms. The van der Waals surface area contributed by atoms with Crippen molar-refractivity contribution in [3.63, 3.8) is 0 Å². The molecule has 0 bridgehead atoms. The summed E-state index contributed by atoms with van der Waals surface area (Å²) in [5.74, 6) is 0.569. The molecular formula is C24H22F3NO4S2. The lowest BCUT2D eigenvalue weighted by Gasteiger charge is -2.22. The number of aryl methyl sites for hydroxylation is 1. The molecule has 0 spiro atoms. The van der Waals surface area contributed by atoms with Gasteiger partial charge in [-0.25, -0.2) is 8.42 Å². The van der Waals surface area contributed by atoms with Crippen LogP contribution < -0.4 is 4.74 Å². The molecule has 2 aromatic carbocycles. The van der Waals surface area contributed by atoms with E-state index in [-0.39, 0.29) is 22.8 Å². The van der Waals surface area contributed by atoms with Crippen molar-refractivity contribution < 1.29 is 31.1 Å². The minimum atomic E-state index is -4.41. The predicted octanol–water partition coefficient (Wildman–Crippen LogP) is 5.91. The SMILES string of the molecule is O=C(CCc1cccc(Oc2ccc(C(F)(F)F)cc2)c1)[C@@H]1CCCN1S(=O)(=O)c1ccsc1. The van der Waals surface area contributed by atoms with E-state index in [1.165, 1.54) is 27.8 Å². The van der Waals surface area contributed by atoms with Gasteiger partial charge >= 0.3 is 6.18 Å². The second kappa shape index (κ2) is 9.89. The van der Waals surface area contributed by atoms with E-state index in [9.17, 15) is 26.4 Å². The highest BCUT2D eigenvalue weighted by Gasteiger charge is 2.39. The van der Waals surface area contributed by atoms with E-state index >= 15 is 0 Å². The zero-order valence-electron chi connectivity index (χ0n) is 18.0. The van der Waals surface area contributed by atoms with Gasteiger partial charge in [-0.3, -0.25) is 4.79 Å². The molecular weight excluding hydrogens is 487 g/mol. The van der Waals surface area contributed by atoms with Crippen LogP contribution in [0, 0.1) is 0 Å². The standard InChI is InChI=1S/C24H22F3NO4S2/c25-24(26,27)18-7-9-19(10-8-18)32-20-4-1-3-17(15-20)6-11-23(29)22-5-2-13-28(22)34(30,31)21-12-14-33-16-21/h1,3-4,7-10,12,14-16,22H,2,5-6,11,13H2/t22-/m0/s1. The number of alkyl halides is 3. The summed E-state index contributed by atoms with van der Waals surface area (Å²) in [6.07, 6.45) is -2.71. The van der Waals surface area contributed by atoms with Gasteiger partial charge in [0.05, 0.1) is 16.5 Å². The van der Waals surface area contributed by atoms with Gasteiger partial charge in [-0.1, -0.05) is 12.1 Å². The van der Waals surface area contributed by atoms with E-state index in [0.717, 1.165) is 17.7 Å². The summed E-state index contributed by atoms with van der Waals surface area (Å²) in [7, 11) is -3.69. The Balaban J connectivity index is 1.38. The topological polar surface area (TPSA) is 63.7 Å². The smallest absolute Gasteiger partial charge is 0.416 e. The minimum Gasteiger partial charge on any atom is -0.457 e. The van der Waals surface area contributed by atoms with Crippen molar-refractivity contribution >= 4 is 27.1 Å². The van der Waals surface area contributed by atoms with Gasteiger partial charge in [0.2, 0.25) is 10.0 Å². The zero-order valence-corrected chi connectivity index (χ0v) is 19.6. The maximum atomic E-state index is 12.9. The molecule has 0 saturated carbocycles. The second-order valence-electron chi connectivity index (χ2n) is 7.97. The van der Waals surface area contributed by atoms with E-state index in [1.807, 2.05) is 6.07 Å². The summed E-state index contributed by atoms with van der Waals surface area (Å²) in [6, 6.07) is 12.2. The van der Waals surface area contributed by atoms with E-state index < -0.39 is 27.8 Å². The maximum Gasteiger partial charge on any atom is 0.416 e. The largest absolute Gasteiger partial charge is 0.457 e. The van der Waals surface area contributed by atoms with Gasteiger partial charge in [-0.15, -0.1) is 0 Å². The Morgan fingerprint density at radius 1 is 1.09 bits per heavy atom. The first-order chi connectivity index (χ1) is 16.1. The number of ether oxygens (including phenoxy) is 1. The summed E-state index contributed by atoms with van der Waals surface area (Å²) in [5, 5.41) is 3.26. The van der Waals surface area contributed by atoms with E-state index in [0.29, 0.717) is 31.6 Å². The number of Topliss-reactive ketones (excluding diaryl/α,β-unsaturated/α-hetero) is 1. The predicted molar refractivity (Wildman–Crippen MR) is 123 cm³/mol. The van der Waals surface area contributed by atoms with E-state index in [1.54, 1.807) is 35.0 Å². The van der Waals surface area contributed by atoms with E-state index in [2.05, 4.69) is 0 Å². The summed E-state index contributed by atoms with van der Waals surface area (Å²) < 4.78 is 70.9. The van der Waals surface area contributed by atoms with Crippen LogP contribution in [0.5, 0.6) is 11.5 Å². The Bertz CT molecular complexity index is 1240. The second-order valence-corrected chi connectivity index (χ2v) is 10.6. The Kier molecular flexibility index (Phi) is 7.11. The van der Waals surface area contributed by atoms with Gasteiger partial charge < -0.3 is 4.74 Å². The van der Waals surface area contributed by atoms with Gasteiger partial charge in [0, 0.05) is 18.3 Å². The molecule has 1 fully saturated rings. The number of halogens is 3. The van der Waals surface area contributed by atoms with E-state index in [4.69, 9.17) is 4.74 Å². The Morgan fingerprint density at radius 2 is 1.85 bits per heavy atom. The number of hydrogen-bond donors (Lipinski definition) is 0. The van der Waals surface area contributed by atoms with Crippen molar-refractivity contribution in [1.82, 2.24) is 4.31 Å².